The van der Waals surface area contributed by atoms with E-state index >= 15 is 0 Å². The lowest BCUT2D eigenvalue weighted by Gasteiger charge is -2.15. The summed E-state index contributed by atoms with van der Waals surface area (Å²) in [4.78, 5) is 11.7. The Bertz CT molecular complexity index is 750. The van der Waals surface area contributed by atoms with Crippen molar-refractivity contribution in [3.05, 3.63) is 59.4 Å². The van der Waals surface area contributed by atoms with Crippen LogP contribution in [0.5, 0.6) is 0 Å². The molecule has 0 aromatic heterocycles. The molecule has 0 bridgehead atoms. The van der Waals surface area contributed by atoms with Crippen molar-refractivity contribution in [3.63, 3.8) is 0 Å². The van der Waals surface area contributed by atoms with E-state index in [-0.39, 0.29) is 11.8 Å². The van der Waals surface area contributed by atoms with Gasteiger partial charge in [-0.15, -0.1) is 0 Å². The van der Waals surface area contributed by atoms with Crippen LogP contribution < -0.4 is 10.6 Å². The van der Waals surface area contributed by atoms with Gasteiger partial charge < -0.3 is 10.6 Å². The van der Waals surface area contributed by atoms with Gasteiger partial charge in [-0.05, 0) is 42.5 Å². The molecule has 0 aliphatic carbocycles. The van der Waals surface area contributed by atoms with E-state index in [1.165, 1.54) is 12.1 Å². The summed E-state index contributed by atoms with van der Waals surface area (Å²) in [7, 11) is 0. The van der Waals surface area contributed by atoms with Crippen molar-refractivity contribution >= 4 is 17.3 Å². The number of nitrogens with one attached hydrogen (secondary N) is 2. The minimum absolute atomic E-state index is 0.0102. The zero-order valence-corrected chi connectivity index (χ0v) is 12.8. The lowest BCUT2D eigenvalue weighted by molar-refractivity contribution is -0.143. The van der Waals surface area contributed by atoms with Crippen molar-refractivity contribution in [2.45, 2.75) is 12.4 Å². The number of alkyl halides is 6. The zero-order valence-electron chi connectivity index (χ0n) is 12.8. The molecule has 3 nitrogen and oxygen atoms in total. The molecule has 0 radical (unpaired) electrons. The van der Waals surface area contributed by atoms with E-state index in [4.69, 9.17) is 0 Å². The number of amides is 1. The molecule has 0 heterocycles. The summed E-state index contributed by atoms with van der Waals surface area (Å²) in [5.74, 6) is -1.27. The molecule has 2 rings (SSSR count). The Labute approximate surface area is 142 Å². The van der Waals surface area contributed by atoms with Crippen molar-refractivity contribution in [3.8, 4) is 0 Å². The third kappa shape index (κ3) is 5.36. The van der Waals surface area contributed by atoms with E-state index in [9.17, 15) is 35.5 Å². The molecular weight excluding hydrogens is 369 g/mol. The number of halogens is 7. The Kier molecular flexibility index (Phi) is 5.43. The lowest BCUT2D eigenvalue weighted by atomic mass is 10.1. The number of hydrogen-bond acceptors (Lipinski definition) is 2. The topological polar surface area (TPSA) is 41.1 Å². The second kappa shape index (κ2) is 7.22. The van der Waals surface area contributed by atoms with Gasteiger partial charge in [0.2, 0.25) is 5.91 Å². The van der Waals surface area contributed by atoms with Gasteiger partial charge in [0, 0.05) is 11.4 Å². The van der Waals surface area contributed by atoms with Gasteiger partial charge in [0.05, 0.1) is 17.7 Å². The molecule has 10 heteroatoms. The monoisotopic (exact) mass is 380 g/mol. The average molecular weight is 380 g/mol. The lowest BCUT2D eigenvalue weighted by Crippen LogP contribution is -2.22. The highest BCUT2D eigenvalue weighted by atomic mass is 19.4. The first-order chi connectivity index (χ1) is 11.9. The quantitative estimate of drug-likeness (QED) is 0.740. The van der Waals surface area contributed by atoms with E-state index in [1.807, 2.05) is 0 Å². The molecule has 0 atom stereocenters. The number of rotatable bonds is 4. The number of hydrogen-bond donors (Lipinski definition) is 2. The molecule has 0 saturated heterocycles. The molecule has 2 N–H and O–H groups in total. The second-order valence-electron chi connectivity index (χ2n) is 5.20. The predicted molar refractivity (Wildman–Crippen MR) is 80.0 cm³/mol. The highest BCUT2D eigenvalue weighted by molar-refractivity contribution is 5.93. The molecule has 2 aromatic carbocycles. The molecule has 26 heavy (non-hydrogen) atoms. The van der Waals surface area contributed by atoms with E-state index in [1.54, 1.807) is 0 Å². The molecule has 1 amide bonds. The summed E-state index contributed by atoms with van der Waals surface area (Å²) < 4.78 is 89.3. The molecule has 0 aliphatic heterocycles. The van der Waals surface area contributed by atoms with Gasteiger partial charge in [-0.25, -0.2) is 4.39 Å². The second-order valence-corrected chi connectivity index (χ2v) is 5.20. The molecular formula is C16H11F7N2O. The maximum absolute atomic E-state index is 12.8. The Morgan fingerprint density at radius 2 is 1.31 bits per heavy atom. The van der Waals surface area contributed by atoms with Crippen LogP contribution in [0.2, 0.25) is 0 Å². The van der Waals surface area contributed by atoms with E-state index in [0.29, 0.717) is 12.1 Å². The van der Waals surface area contributed by atoms with Crippen LogP contribution in [0.15, 0.2) is 42.5 Å². The predicted octanol–water partition coefficient (Wildman–Crippen LogP) is 4.91. The summed E-state index contributed by atoms with van der Waals surface area (Å²) in [6.07, 6.45) is -9.96. The van der Waals surface area contributed by atoms with Gasteiger partial charge in [0.1, 0.15) is 5.82 Å². The SMILES string of the molecule is O=C(CNc1cc(C(F)(F)F)cc(C(F)(F)F)c1)Nc1ccc(F)cc1. The standard InChI is InChI=1S/C16H11F7N2O/c17-11-1-3-12(4-2-11)25-14(26)8-24-13-6-9(15(18,19)20)5-10(7-13)16(21,22)23/h1-7,24H,8H2,(H,25,26). The molecule has 0 unspecified atom stereocenters. The summed E-state index contributed by atoms with van der Waals surface area (Å²) in [5.41, 5.74) is -3.28. The molecule has 0 aliphatic rings. The summed E-state index contributed by atoms with van der Waals surface area (Å²) in [5, 5.41) is 4.53. The van der Waals surface area contributed by atoms with Gasteiger partial charge in [0.25, 0.3) is 0 Å². The van der Waals surface area contributed by atoms with E-state index in [2.05, 4.69) is 10.6 Å². The molecule has 140 valence electrons. The first kappa shape index (κ1) is 19.5. The fraction of sp³-hybridized carbons (Fsp3) is 0.188. The van der Waals surface area contributed by atoms with Crippen LogP contribution in [0.25, 0.3) is 0 Å². The third-order valence-corrected chi connectivity index (χ3v) is 3.17. The average Bonchev–Trinajstić information content (AvgIpc) is 2.53. The van der Waals surface area contributed by atoms with Gasteiger partial charge in [-0.3, -0.25) is 4.79 Å². The zero-order chi connectivity index (χ0) is 19.5. The Hall–Kier alpha value is -2.78. The van der Waals surface area contributed by atoms with Crippen LogP contribution >= 0.6 is 0 Å². The van der Waals surface area contributed by atoms with Gasteiger partial charge in [-0.2, -0.15) is 26.3 Å². The Balaban J connectivity index is 2.12. The number of benzene rings is 2. The van der Waals surface area contributed by atoms with Crippen molar-refractivity contribution < 1.29 is 35.5 Å². The van der Waals surface area contributed by atoms with Gasteiger partial charge >= 0.3 is 12.4 Å². The van der Waals surface area contributed by atoms with Crippen molar-refractivity contribution in [2.75, 3.05) is 17.2 Å². The van der Waals surface area contributed by atoms with Gasteiger partial charge in [0.15, 0.2) is 0 Å². The fourth-order valence-corrected chi connectivity index (χ4v) is 1.98. The summed E-state index contributed by atoms with van der Waals surface area (Å²) in [6.45, 7) is -0.587. The number of anilines is 2. The molecule has 0 saturated carbocycles. The Morgan fingerprint density at radius 1 is 0.808 bits per heavy atom. The first-order valence-corrected chi connectivity index (χ1v) is 7.04. The maximum atomic E-state index is 12.8. The number of carbonyl (C=O) groups excluding carboxylic acids is 1. The van der Waals surface area contributed by atoms with Crippen LogP contribution in [-0.4, -0.2) is 12.5 Å². The highest BCUT2D eigenvalue weighted by Gasteiger charge is 2.36. The van der Waals surface area contributed by atoms with Gasteiger partial charge in [-0.1, -0.05) is 0 Å². The Morgan fingerprint density at radius 3 is 1.77 bits per heavy atom. The van der Waals surface area contributed by atoms with E-state index < -0.39 is 47.4 Å². The van der Waals surface area contributed by atoms with Crippen LogP contribution in [0.1, 0.15) is 11.1 Å². The minimum atomic E-state index is -4.98. The highest BCUT2D eigenvalue weighted by Crippen LogP contribution is 2.37. The van der Waals surface area contributed by atoms with Crippen LogP contribution in [0.3, 0.4) is 0 Å². The van der Waals surface area contributed by atoms with Crippen molar-refractivity contribution in [2.24, 2.45) is 0 Å². The van der Waals surface area contributed by atoms with Crippen LogP contribution in [0, 0.1) is 5.82 Å². The fourth-order valence-electron chi connectivity index (χ4n) is 1.98. The number of carbonyl (C=O) groups is 1. The maximum Gasteiger partial charge on any atom is 0.416 e. The van der Waals surface area contributed by atoms with Crippen molar-refractivity contribution in [1.29, 1.82) is 0 Å². The summed E-state index contributed by atoms with van der Waals surface area (Å²) >= 11 is 0. The summed E-state index contributed by atoms with van der Waals surface area (Å²) in [6, 6.07) is 5.58. The van der Waals surface area contributed by atoms with Crippen LogP contribution in [0.4, 0.5) is 42.1 Å². The normalized spacial score (nSPS) is 12.0. The third-order valence-electron chi connectivity index (χ3n) is 3.17. The molecule has 2 aromatic rings. The first-order valence-electron chi connectivity index (χ1n) is 7.04. The van der Waals surface area contributed by atoms with Crippen LogP contribution in [-0.2, 0) is 17.1 Å². The molecule has 0 spiro atoms. The van der Waals surface area contributed by atoms with Crippen molar-refractivity contribution in [1.82, 2.24) is 0 Å². The minimum Gasteiger partial charge on any atom is -0.376 e. The smallest absolute Gasteiger partial charge is 0.376 e. The molecule has 0 fully saturated rings. The largest absolute Gasteiger partial charge is 0.416 e. The van der Waals surface area contributed by atoms with E-state index in [0.717, 1.165) is 12.1 Å².